The molecule has 1 heterocycles. The smallest absolute Gasteiger partial charge is 0.234 e. The number of rotatable bonds is 4. The van der Waals surface area contributed by atoms with Crippen molar-refractivity contribution in [3.63, 3.8) is 0 Å². The zero-order valence-corrected chi connectivity index (χ0v) is 17.4. The van der Waals surface area contributed by atoms with Crippen molar-refractivity contribution in [1.29, 1.82) is 0 Å². The normalized spacial score (nSPS) is 17.5. The van der Waals surface area contributed by atoms with Crippen LogP contribution in [-0.4, -0.2) is 28.1 Å². The predicted molar refractivity (Wildman–Crippen MR) is 119 cm³/mol. The number of anilines is 1. The number of hydrogen-bond acceptors (Lipinski definition) is 4. The predicted octanol–water partition coefficient (Wildman–Crippen LogP) is 5.84. The van der Waals surface area contributed by atoms with Crippen LogP contribution in [0.3, 0.4) is 0 Å². The first-order valence-corrected chi connectivity index (χ1v) is 10.9. The third-order valence-electron chi connectivity index (χ3n) is 4.83. The van der Waals surface area contributed by atoms with Crippen LogP contribution >= 0.6 is 35.0 Å². The molecule has 0 radical (unpaired) electrons. The summed E-state index contributed by atoms with van der Waals surface area (Å²) in [6.07, 6.45) is 4.24. The molecule has 1 aliphatic carbocycles. The number of amides is 1. The maximum absolute atomic E-state index is 12.4. The number of nitrogens with one attached hydrogen (secondary N) is 1. The maximum atomic E-state index is 12.4. The summed E-state index contributed by atoms with van der Waals surface area (Å²) in [5.41, 5.74) is 2.24. The molecule has 2 aliphatic rings. The second kappa shape index (κ2) is 8.27. The molecule has 4 nitrogen and oxygen atoms in total. The van der Waals surface area contributed by atoms with Gasteiger partial charge < -0.3 is 5.32 Å². The lowest BCUT2D eigenvalue weighted by molar-refractivity contribution is -0.113. The molecule has 1 N–H and O–H groups in total. The van der Waals surface area contributed by atoms with Gasteiger partial charge in [-0.1, -0.05) is 65.3 Å². The first-order valence-electron chi connectivity index (χ1n) is 9.18. The highest BCUT2D eigenvalue weighted by molar-refractivity contribution is 8.16. The van der Waals surface area contributed by atoms with E-state index in [-0.39, 0.29) is 17.3 Å². The van der Waals surface area contributed by atoms with Crippen LogP contribution in [0.15, 0.2) is 58.5 Å². The van der Waals surface area contributed by atoms with E-state index >= 15 is 0 Å². The largest absolute Gasteiger partial charge is 0.325 e. The summed E-state index contributed by atoms with van der Waals surface area (Å²) in [5.74, 6) is 0.131. The lowest BCUT2D eigenvalue weighted by Crippen LogP contribution is -2.17. The van der Waals surface area contributed by atoms with E-state index in [2.05, 4.69) is 5.32 Å². The highest BCUT2D eigenvalue weighted by Crippen LogP contribution is 2.40. The second-order valence-electron chi connectivity index (χ2n) is 6.90. The van der Waals surface area contributed by atoms with E-state index in [0.717, 1.165) is 42.0 Å². The van der Waals surface area contributed by atoms with Gasteiger partial charge >= 0.3 is 0 Å². The molecule has 1 fully saturated rings. The first kappa shape index (κ1) is 19.5. The van der Waals surface area contributed by atoms with Gasteiger partial charge in [-0.25, -0.2) is 4.99 Å². The second-order valence-corrected chi connectivity index (χ2v) is 8.68. The average Bonchev–Trinajstić information content (AvgIpc) is 3.31. The first-order chi connectivity index (χ1) is 13.5. The Morgan fingerprint density at radius 2 is 1.79 bits per heavy atom. The third kappa shape index (κ3) is 4.27. The molecule has 28 heavy (non-hydrogen) atoms. The third-order valence-corrected chi connectivity index (χ3v) is 6.53. The number of nitrogens with zero attached hydrogens (tertiary/aromatic N) is 2. The number of carbonyl (C=O) groups excluding carboxylic acids is 1. The van der Waals surface area contributed by atoms with Gasteiger partial charge in [-0.05, 0) is 43.9 Å². The van der Waals surface area contributed by atoms with Crippen LogP contribution in [0.4, 0.5) is 5.69 Å². The van der Waals surface area contributed by atoms with Gasteiger partial charge in [0.05, 0.1) is 21.5 Å². The quantitative estimate of drug-likeness (QED) is 0.660. The van der Waals surface area contributed by atoms with Crippen LogP contribution in [-0.2, 0) is 4.79 Å². The molecular weight excluding hydrogens is 413 g/mol. The number of thioether (sulfide) groups is 1. The van der Waals surface area contributed by atoms with E-state index in [0.29, 0.717) is 15.7 Å². The monoisotopic (exact) mass is 431 g/mol. The van der Waals surface area contributed by atoms with Crippen LogP contribution in [0, 0.1) is 0 Å². The summed E-state index contributed by atoms with van der Waals surface area (Å²) >= 11 is 13.4. The van der Waals surface area contributed by atoms with Crippen molar-refractivity contribution in [2.45, 2.75) is 31.3 Å². The SMILES string of the molecule is O=C(CSC1=NC2(CCCC2)N=C1c1ccccc1)Nc1ccc(Cl)c(Cl)c1. The van der Waals surface area contributed by atoms with Crippen molar-refractivity contribution >= 4 is 57.3 Å². The van der Waals surface area contributed by atoms with Crippen LogP contribution in [0.5, 0.6) is 0 Å². The number of carbonyl (C=O) groups is 1. The summed E-state index contributed by atoms with van der Waals surface area (Å²) in [7, 11) is 0. The van der Waals surface area contributed by atoms with Crippen molar-refractivity contribution in [1.82, 2.24) is 0 Å². The molecule has 7 heteroatoms. The zero-order valence-electron chi connectivity index (χ0n) is 15.1. The van der Waals surface area contributed by atoms with Crippen LogP contribution < -0.4 is 5.32 Å². The Hall–Kier alpha value is -1.82. The van der Waals surface area contributed by atoms with Crippen molar-refractivity contribution < 1.29 is 4.79 Å². The standard InChI is InChI=1S/C21H19Cl2N3OS/c22-16-9-8-15(12-17(16)23)24-18(27)13-28-20-19(14-6-2-1-3-7-14)25-21(26-20)10-4-5-11-21/h1-3,6-9,12H,4-5,10-11,13H2,(H,24,27). The fourth-order valence-electron chi connectivity index (χ4n) is 3.48. The maximum Gasteiger partial charge on any atom is 0.234 e. The minimum Gasteiger partial charge on any atom is -0.325 e. The minimum atomic E-state index is -0.326. The summed E-state index contributed by atoms with van der Waals surface area (Å²) in [4.78, 5) is 22.3. The average molecular weight is 432 g/mol. The Morgan fingerprint density at radius 3 is 2.50 bits per heavy atom. The van der Waals surface area contributed by atoms with Crippen LogP contribution in [0.25, 0.3) is 0 Å². The molecular formula is C21H19Cl2N3OS. The molecule has 0 aromatic heterocycles. The Labute approximate surface area is 178 Å². The van der Waals surface area contributed by atoms with E-state index in [1.165, 1.54) is 11.8 Å². The van der Waals surface area contributed by atoms with Crippen molar-refractivity contribution in [2.75, 3.05) is 11.1 Å². The highest BCUT2D eigenvalue weighted by atomic mass is 35.5. The van der Waals surface area contributed by atoms with Gasteiger partial charge in [0.25, 0.3) is 0 Å². The fraction of sp³-hybridized carbons (Fsp3) is 0.286. The fourth-order valence-corrected chi connectivity index (χ4v) is 4.65. The highest BCUT2D eigenvalue weighted by Gasteiger charge is 2.39. The Kier molecular flexibility index (Phi) is 5.76. The summed E-state index contributed by atoms with van der Waals surface area (Å²) in [6, 6.07) is 15.1. The van der Waals surface area contributed by atoms with Crippen LogP contribution in [0.2, 0.25) is 10.0 Å². The molecule has 0 bridgehead atoms. The van der Waals surface area contributed by atoms with Gasteiger partial charge in [-0.2, -0.15) is 0 Å². The van der Waals surface area contributed by atoms with Gasteiger partial charge in [-0.3, -0.25) is 9.79 Å². The van der Waals surface area contributed by atoms with E-state index in [9.17, 15) is 4.79 Å². The molecule has 1 spiro atoms. The summed E-state index contributed by atoms with van der Waals surface area (Å²) in [5, 5.41) is 4.57. The molecule has 1 saturated carbocycles. The molecule has 2 aromatic carbocycles. The summed E-state index contributed by atoms with van der Waals surface area (Å²) < 4.78 is 0. The lowest BCUT2D eigenvalue weighted by atomic mass is 10.1. The van der Waals surface area contributed by atoms with Gasteiger partial charge in [0.15, 0.2) is 5.66 Å². The molecule has 1 amide bonds. The Morgan fingerprint density at radius 1 is 1.04 bits per heavy atom. The van der Waals surface area contributed by atoms with E-state index < -0.39 is 0 Å². The molecule has 4 rings (SSSR count). The van der Waals surface area contributed by atoms with Crippen molar-refractivity contribution in [3.05, 3.63) is 64.1 Å². The van der Waals surface area contributed by atoms with Crippen molar-refractivity contribution in [2.24, 2.45) is 9.98 Å². The van der Waals surface area contributed by atoms with E-state index in [4.69, 9.17) is 33.2 Å². The lowest BCUT2D eigenvalue weighted by Gasteiger charge is -2.14. The number of aliphatic imine (C=N–C) groups is 2. The Balaban J connectivity index is 1.47. The van der Waals surface area contributed by atoms with E-state index in [1.54, 1.807) is 18.2 Å². The molecule has 0 saturated heterocycles. The Bertz CT molecular complexity index is 953. The zero-order chi connectivity index (χ0) is 19.6. The van der Waals surface area contributed by atoms with E-state index in [1.807, 2.05) is 30.3 Å². The molecule has 2 aromatic rings. The van der Waals surface area contributed by atoms with Gasteiger partial charge in [-0.15, -0.1) is 0 Å². The molecule has 144 valence electrons. The number of hydrogen-bond donors (Lipinski definition) is 1. The number of benzene rings is 2. The van der Waals surface area contributed by atoms with Gasteiger partial charge in [0, 0.05) is 11.3 Å². The molecule has 1 aliphatic heterocycles. The van der Waals surface area contributed by atoms with Gasteiger partial charge in [0.1, 0.15) is 5.04 Å². The van der Waals surface area contributed by atoms with Gasteiger partial charge in [0.2, 0.25) is 5.91 Å². The van der Waals surface area contributed by atoms with Crippen LogP contribution in [0.1, 0.15) is 31.2 Å². The number of halogens is 2. The summed E-state index contributed by atoms with van der Waals surface area (Å²) in [6.45, 7) is 0. The van der Waals surface area contributed by atoms with Crippen molar-refractivity contribution in [3.8, 4) is 0 Å². The minimum absolute atomic E-state index is 0.120. The molecule has 0 atom stereocenters. The molecule has 0 unspecified atom stereocenters. The topological polar surface area (TPSA) is 53.8 Å².